The molecule has 4 rings (SSSR count). The van der Waals surface area contributed by atoms with Crippen molar-refractivity contribution >= 4 is 17.3 Å². The molecule has 1 aromatic heterocycles. The van der Waals surface area contributed by atoms with Gasteiger partial charge in [0.2, 0.25) is 0 Å². The molecule has 0 amide bonds. The number of benzene rings is 2. The Hall–Kier alpha value is -2.26. The molecule has 1 aliphatic heterocycles. The molecule has 2 aromatic carbocycles. The van der Waals surface area contributed by atoms with Gasteiger partial charge >= 0.3 is 0 Å². The average Bonchev–Trinajstić information content (AvgIpc) is 3.04. The quantitative estimate of drug-likeness (QED) is 0.699. The summed E-state index contributed by atoms with van der Waals surface area (Å²) in [7, 11) is 0. The Morgan fingerprint density at radius 2 is 1.82 bits per heavy atom. The van der Waals surface area contributed by atoms with Crippen LogP contribution in [0.5, 0.6) is 0 Å². The van der Waals surface area contributed by atoms with Crippen molar-refractivity contribution < 1.29 is 4.52 Å². The molecular weight excluding hydrogens is 296 g/mol. The first kappa shape index (κ1) is 13.4. The van der Waals surface area contributed by atoms with E-state index in [0.29, 0.717) is 0 Å². The molecule has 110 valence electrons. The van der Waals surface area contributed by atoms with Crippen LogP contribution < -0.4 is 4.90 Å². The van der Waals surface area contributed by atoms with Crippen molar-refractivity contribution in [2.45, 2.75) is 12.5 Å². The number of rotatable bonds is 2. The number of para-hydroxylation sites is 1. The van der Waals surface area contributed by atoms with Gasteiger partial charge in [-0.1, -0.05) is 47.1 Å². The maximum absolute atomic E-state index is 6.04. The van der Waals surface area contributed by atoms with Crippen LogP contribution >= 0.6 is 11.6 Å². The standard InChI is InChI=1S/C18H15ClN2O/c19-15-8-6-13(7-9-15)18-17-14(12-22-20-17)10-11-21(18)16-4-2-1-3-5-16/h1-9,12,18H,10-11H2. The van der Waals surface area contributed by atoms with Gasteiger partial charge in [0.1, 0.15) is 18.0 Å². The minimum absolute atomic E-state index is 0.0576. The average molecular weight is 311 g/mol. The van der Waals surface area contributed by atoms with Crippen molar-refractivity contribution in [2.24, 2.45) is 0 Å². The van der Waals surface area contributed by atoms with E-state index in [-0.39, 0.29) is 6.04 Å². The summed E-state index contributed by atoms with van der Waals surface area (Å²) >= 11 is 6.04. The summed E-state index contributed by atoms with van der Waals surface area (Å²) in [5.41, 5.74) is 4.55. The van der Waals surface area contributed by atoms with E-state index in [4.69, 9.17) is 16.1 Å². The lowest BCUT2D eigenvalue weighted by molar-refractivity contribution is 0.408. The van der Waals surface area contributed by atoms with Crippen LogP contribution in [-0.2, 0) is 6.42 Å². The summed E-state index contributed by atoms with van der Waals surface area (Å²) in [5, 5.41) is 5.00. The largest absolute Gasteiger partial charge is 0.364 e. The molecule has 3 nitrogen and oxygen atoms in total. The molecule has 22 heavy (non-hydrogen) atoms. The fourth-order valence-electron chi connectivity index (χ4n) is 3.08. The van der Waals surface area contributed by atoms with E-state index in [1.165, 1.54) is 16.8 Å². The van der Waals surface area contributed by atoms with Gasteiger partial charge in [-0.05, 0) is 36.2 Å². The fourth-order valence-corrected chi connectivity index (χ4v) is 3.20. The number of hydrogen-bond acceptors (Lipinski definition) is 3. The van der Waals surface area contributed by atoms with Gasteiger partial charge in [0, 0.05) is 22.8 Å². The van der Waals surface area contributed by atoms with Crippen LogP contribution in [0.2, 0.25) is 5.02 Å². The second-order valence-corrected chi connectivity index (χ2v) is 5.89. The summed E-state index contributed by atoms with van der Waals surface area (Å²) in [6.07, 6.45) is 2.71. The van der Waals surface area contributed by atoms with E-state index in [1.54, 1.807) is 6.26 Å². The van der Waals surface area contributed by atoms with E-state index < -0.39 is 0 Å². The number of anilines is 1. The molecular formula is C18H15ClN2O. The van der Waals surface area contributed by atoms with Crippen molar-refractivity contribution in [2.75, 3.05) is 11.4 Å². The summed E-state index contributed by atoms with van der Waals surface area (Å²) in [6, 6.07) is 18.5. The highest BCUT2D eigenvalue weighted by molar-refractivity contribution is 6.30. The Morgan fingerprint density at radius 3 is 2.59 bits per heavy atom. The summed E-state index contributed by atoms with van der Waals surface area (Å²) < 4.78 is 5.22. The first-order chi connectivity index (χ1) is 10.8. The molecule has 0 N–H and O–H groups in total. The molecule has 0 saturated carbocycles. The molecule has 1 atom stereocenters. The zero-order valence-electron chi connectivity index (χ0n) is 11.9. The lowest BCUT2D eigenvalue weighted by atomic mass is 9.93. The second-order valence-electron chi connectivity index (χ2n) is 5.46. The van der Waals surface area contributed by atoms with Gasteiger partial charge in [-0.25, -0.2) is 0 Å². The van der Waals surface area contributed by atoms with Crippen LogP contribution in [0.1, 0.15) is 22.9 Å². The molecule has 4 heteroatoms. The normalized spacial score (nSPS) is 17.3. The van der Waals surface area contributed by atoms with Crippen molar-refractivity contribution in [3.05, 3.63) is 82.7 Å². The minimum Gasteiger partial charge on any atom is -0.364 e. The van der Waals surface area contributed by atoms with E-state index in [1.807, 2.05) is 18.2 Å². The predicted octanol–water partition coefficient (Wildman–Crippen LogP) is 4.48. The van der Waals surface area contributed by atoms with Crippen molar-refractivity contribution in [3.8, 4) is 0 Å². The SMILES string of the molecule is Clc1ccc(C2c3nocc3CCN2c2ccccc2)cc1. The lowest BCUT2D eigenvalue weighted by Crippen LogP contribution is -2.36. The van der Waals surface area contributed by atoms with Gasteiger partial charge in [0.05, 0.1) is 0 Å². The Bertz CT molecular complexity index is 767. The lowest BCUT2D eigenvalue weighted by Gasteiger charge is -2.36. The third-order valence-corrected chi connectivity index (χ3v) is 4.39. The van der Waals surface area contributed by atoms with Crippen molar-refractivity contribution in [1.29, 1.82) is 0 Å². The van der Waals surface area contributed by atoms with Crippen LogP contribution in [0.3, 0.4) is 0 Å². The summed E-state index contributed by atoms with van der Waals surface area (Å²) in [4.78, 5) is 2.37. The highest BCUT2D eigenvalue weighted by atomic mass is 35.5. The summed E-state index contributed by atoms with van der Waals surface area (Å²) in [5.74, 6) is 0. The molecule has 0 fully saturated rings. The topological polar surface area (TPSA) is 29.3 Å². The zero-order valence-corrected chi connectivity index (χ0v) is 12.7. The molecule has 0 aliphatic carbocycles. The molecule has 0 radical (unpaired) electrons. The first-order valence-corrected chi connectivity index (χ1v) is 7.71. The molecule has 0 saturated heterocycles. The fraction of sp³-hybridized carbons (Fsp3) is 0.167. The molecule has 3 aromatic rings. The van der Waals surface area contributed by atoms with Gasteiger partial charge in [-0.3, -0.25) is 0 Å². The number of aromatic nitrogens is 1. The number of nitrogens with zero attached hydrogens (tertiary/aromatic N) is 2. The van der Waals surface area contributed by atoms with E-state index in [9.17, 15) is 0 Å². The van der Waals surface area contributed by atoms with Gasteiger partial charge < -0.3 is 9.42 Å². The highest BCUT2D eigenvalue weighted by Gasteiger charge is 2.31. The summed E-state index contributed by atoms with van der Waals surface area (Å²) in [6.45, 7) is 0.936. The number of fused-ring (bicyclic) bond motifs is 1. The van der Waals surface area contributed by atoms with E-state index in [0.717, 1.165) is 23.7 Å². The van der Waals surface area contributed by atoms with Gasteiger partial charge in [0.15, 0.2) is 0 Å². The first-order valence-electron chi connectivity index (χ1n) is 7.33. The molecule has 2 heterocycles. The van der Waals surface area contributed by atoms with E-state index >= 15 is 0 Å². The third kappa shape index (κ3) is 2.28. The Kier molecular flexibility index (Phi) is 3.35. The smallest absolute Gasteiger partial charge is 0.127 e. The van der Waals surface area contributed by atoms with E-state index in [2.05, 4.69) is 46.5 Å². The van der Waals surface area contributed by atoms with Crippen LogP contribution in [0.25, 0.3) is 0 Å². The minimum atomic E-state index is 0.0576. The van der Waals surface area contributed by atoms with Crippen LogP contribution in [-0.4, -0.2) is 11.7 Å². The van der Waals surface area contributed by atoms with Gasteiger partial charge in [-0.15, -0.1) is 0 Å². The molecule has 0 spiro atoms. The molecule has 1 aliphatic rings. The van der Waals surface area contributed by atoms with Crippen LogP contribution in [0.15, 0.2) is 65.4 Å². The van der Waals surface area contributed by atoms with Crippen LogP contribution in [0.4, 0.5) is 5.69 Å². The maximum atomic E-state index is 6.04. The maximum Gasteiger partial charge on any atom is 0.127 e. The Balaban J connectivity index is 1.83. The highest BCUT2D eigenvalue weighted by Crippen LogP contribution is 2.37. The number of halogens is 1. The van der Waals surface area contributed by atoms with Crippen LogP contribution in [0, 0.1) is 0 Å². The van der Waals surface area contributed by atoms with Crippen molar-refractivity contribution in [3.63, 3.8) is 0 Å². The Morgan fingerprint density at radius 1 is 1.05 bits per heavy atom. The second kappa shape index (κ2) is 5.50. The van der Waals surface area contributed by atoms with Gasteiger partial charge in [-0.2, -0.15) is 0 Å². The van der Waals surface area contributed by atoms with Gasteiger partial charge in [0.25, 0.3) is 0 Å². The third-order valence-electron chi connectivity index (χ3n) is 4.14. The molecule has 0 bridgehead atoms. The monoisotopic (exact) mass is 310 g/mol. The number of hydrogen-bond donors (Lipinski definition) is 0. The predicted molar refractivity (Wildman–Crippen MR) is 87.3 cm³/mol. The zero-order chi connectivity index (χ0) is 14.9. The van der Waals surface area contributed by atoms with Crippen molar-refractivity contribution in [1.82, 2.24) is 5.16 Å². The molecule has 1 unspecified atom stereocenters. The Labute approximate surface area is 134 Å².